The van der Waals surface area contributed by atoms with Gasteiger partial charge < -0.3 is 5.32 Å². The second kappa shape index (κ2) is 8.12. The molecule has 1 unspecified atom stereocenters. The number of hydrogen-bond acceptors (Lipinski definition) is 6. The molecule has 1 aliphatic heterocycles. The zero-order valence-electron chi connectivity index (χ0n) is 18.1. The highest BCUT2D eigenvalue weighted by atomic mass is 32.2. The highest BCUT2D eigenvalue weighted by molar-refractivity contribution is 8.00. The number of aromatic nitrogens is 2. The molecule has 1 atom stereocenters. The standard InChI is InChI=1S/C22H24N4O3S2/c1-11-7-6-8-16(12(11)2)26-20(28)17-13(3)14(4)30-18(17)24-22(26)31-15(5)19(27)25-10-9-23-21(25)29/h6-8,15H,9-10H2,1-5H3,(H,23,29). The van der Waals surface area contributed by atoms with Crippen LogP contribution in [-0.4, -0.2) is 44.7 Å². The Morgan fingerprint density at radius 1 is 1.19 bits per heavy atom. The normalized spacial score (nSPS) is 14.9. The molecule has 1 aliphatic rings. The summed E-state index contributed by atoms with van der Waals surface area (Å²) in [6, 6.07) is 5.44. The first kappa shape index (κ1) is 21.6. The molecule has 0 saturated carbocycles. The number of fused-ring (bicyclic) bond motifs is 1. The van der Waals surface area contributed by atoms with Gasteiger partial charge in [-0.25, -0.2) is 9.78 Å². The minimum absolute atomic E-state index is 0.137. The monoisotopic (exact) mass is 456 g/mol. The number of nitrogens with zero attached hydrogens (tertiary/aromatic N) is 3. The van der Waals surface area contributed by atoms with E-state index in [4.69, 9.17) is 4.98 Å². The van der Waals surface area contributed by atoms with E-state index < -0.39 is 5.25 Å². The summed E-state index contributed by atoms with van der Waals surface area (Å²) in [6.45, 7) is 10.4. The summed E-state index contributed by atoms with van der Waals surface area (Å²) in [5, 5.41) is 3.14. The Morgan fingerprint density at radius 2 is 1.94 bits per heavy atom. The van der Waals surface area contributed by atoms with E-state index in [9.17, 15) is 14.4 Å². The lowest BCUT2D eigenvalue weighted by molar-refractivity contribution is -0.126. The van der Waals surface area contributed by atoms with Crippen molar-refractivity contribution in [3.8, 4) is 5.69 Å². The molecule has 0 spiro atoms. The lowest BCUT2D eigenvalue weighted by Crippen LogP contribution is -2.39. The largest absolute Gasteiger partial charge is 0.336 e. The summed E-state index contributed by atoms with van der Waals surface area (Å²) >= 11 is 2.69. The van der Waals surface area contributed by atoms with Crippen molar-refractivity contribution < 1.29 is 9.59 Å². The molecule has 3 heterocycles. The maximum Gasteiger partial charge on any atom is 0.324 e. The SMILES string of the molecule is Cc1cccc(-n2c(SC(C)C(=O)N3CCNC3=O)nc3sc(C)c(C)c3c2=O)c1C. The number of thioether (sulfide) groups is 1. The Kier molecular flexibility index (Phi) is 5.65. The van der Waals surface area contributed by atoms with E-state index in [1.807, 2.05) is 45.9 Å². The van der Waals surface area contributed by atoms with Crippen LogP contribution in [0, 0.1) is 27.7 Å². The molecule has 7 nitrogen and oxygen atoms in total. The first-order valence-electron chi connectivity index (χ1n) is 10.1. The van der Waals surface area contributed by atoms with Crippen molar-refractivity contribution in [3.63, 3.8) is 0 Å². The molecule has 0 bridgehead atoms. The van der Waals surface area contributed by atoms with Crippen LogP contribution in [0.3, 0.4) is 0 Å². The fourth-order valence-corrected chi connectivity index (χ4v) is 5.71. The molecular formula is C22H24N4O3S2. The molecule has 1 saturated heterocycles. The summed E-state index contributed by atoms with van der Waals surface area (Å²) in [6.07, 6.45) is 0. The first-order valence-corrected chi connectivity index (χ1v) is 11.8. The van der Waals surface area contributed by atoms with Gasteiger partial charge in [-0.1, -0.05) is 23.9 Å². The third-order valence-electron chi connectivity index (χ3n) is 5.74. The van der Waals surface area contributed by atoms with Crippen LogP contribution >= 0.6 is 23.1 Å². The molecule has 2 aromatic heterocycles. The average molecular weight is 457 g/mol. The molecule has 9 heteroatoms. The smallest absolute Gasteiger partial charge is 0.324 e. The number of carbonyl (C=O) groups is 2. The Hall–Kier alpha value is -2.65. The summed E-state index contributed by atoms with van der Waals surface area (Å²) in [5.74, 6) is -0.291. The lowest BCUT2D eigenvalue weighted by Gasteiger charge is -2.20. The number of thiophene rings is 1. The van der Waals surface area contributed by atoms with Gasteiger partial charge >= 0.3 is 6.03 Å². The van der Waals surface area contributed by atoms with Gasteiger partial charge in [0.15, 0.2) is 5.16 Å². The molecule has 1 aromatic carbocycles. The van der Waals surface area contributed by atoms with Crippen LogP contribution in [0.4, 0.5) is 4.79 Å². The van der Waals surface area contributed by atoms with Crippen molar-refractivity contribution in [3.05, 3.63) is 50.1 Å². The molecule has 3 amide bonds. The number of benzene rings is 1. The minimum atomic E-state index is -0.577. The third kappa shape index (κ3) is 3.65. The quantitative estimate of drug-likeness (QED) is 0.478. The molecule has 1 fully saturated rings. The van der Waals surface area contributed by atoms with Gasteiger partial charge in [-0.15, -0.1) is 11.3 Å². The van der Waals surface area contributed by atoms with Gasteiger partial charge in [0.1, 0.15) is 4.83 Å². The predicted octanol–water partition coefficient (Wildman–Crippen LogP) is 3.71. The first-order chi connectivity index (χ1) is 14.7. The van der Waals surface area contributed by atoms with E-state index in [1.165, 1.54) is 28.0 Å². The Bertz CT molecular complexity index is 1280. The topological polar surface area (TPSA) is 84.3 Å². The van der Waals surface area contributed by atoms with E-state index in [-0.39, 0.29) is 17.5 Å². The highest BCUT2D eigenvalue weighted by Crippen LogP contribution is 2.32. The van der Waals surface area contributed by atoms with Gasteiger partial charge in [0, 0.05) is 18.0 Å². The molecular weight excluding hydrogens is 432 g/mol. The summed E-state index contributed by atoms with van der Waals surface area (Å²) in [7, 11) is 0. The van der Waals surface area contributed by atoms with Crippen LogP contribution < -0.4 is 10.9 Å². The van der Waals surface area contributed by atoms with E-state index >= 15 is 0 Å². The van der Waals surface area contributed by atoms with Crippen molar-refractivity contribution in [2.24, 2.45) is 0 Å². The van der Waals surface area contributed by atoms with Crippen LogP contribution in [0.25, 0.3) is 15.9 Å². The van der Waals surface area contributed by atoms with Crippen molar-refractivity contribution in [2.45, 2.75) is 45.0 Å². The molecule has 4 rings (SSSR count). The summed E-state index contributed by atoms with van der Waals surface area (Å²) < 4.78 is 1.61. The van der Waals surface area contributed by atoms with Crippen molar-refractivity contribution in [2.75, 3.05) is 13.1 Å². The van der Waals surface area contributed by atoms with Crippen molar-refractivity contribution in [1.82, 2.24) is 19.8 Å². The lowest BCUT2D eigenvalue weighted by atomic mass is 10.1. The van der Waals surface area contributed by atoms with Crippen LogP contribution in [0.5, 0.6) is 0 Å². The number of imide groups is 1. The van der Waals surface area contributed by atoms with Gasteiger partial charge in [0.2, 0.25) is 5.91 Å². The average Bonchev–Trinajstić information content (AvgIpc) is 3.27. The maximum atomic E-state index is 13.7. The Balaban J connectivity index is 1.87. The number of aryl methyl sites for hydroxylation is 3. The second-order valence-electron chi connectivity index (χ2n) is 7.70. The van der Waals surface area contributed by atoms with Crippen LogP contribution in [0.15, 0.2) is 28.2 Å². The number of carbonyl (C=O) groups excluding carboxylic acids is 2. The number of hydrogen-bond donors (Lipinski definition) is 1. The van der Waals surface area contributed by atoms with Gasteiger partial charge in [-0.3, -0.25) is 19.1 Å². The molecule has 0 radical (unpaired) electrons. The van der Waals surface area contributed by atoms with E-state index in [0.29, 0.717) is 28.5 Å². The van der Waals surface area contributed by atoms with Gasteiger partial charge in [-0.05, 0) is 57.4 Å². The number of urea groups is 1. The maximum absolute atomic E-state index is 13.7. The van der Waals surface area contributed by atoms with Crippen LogP contribution in [0.2, 0.25) is 0 Å². The van der Waals surface area contributed by atoms with E-state index in [2.05, 4.69) is 5.32 Å². The summed E-state index contributed by atoms with van der Waals surface area (Å²) in [5.41, 5.74) is 3.60. The summed E-state index contributed by atoms with van der Waals surface area (Å²) in [4.78, 5) is 46.2. The third-order valence-corrected chi connectivity index (χ3v) is 7.88. The van der Waals surface area contributed by atoms with Gasteiger partial charge in [-0.2, -0.15) is 0 Å². The number of rotatable bonds is 4. The van der Waals surface area contributed by atoms with Crippen LogP contribution in [0.1, 0.15) is 28.5 Å². The second-order valence-corrected chi connectivity index (χ2v) is 10.2. The predicted molar refractivity (Wildman–Crippen MR) is 125 cm³/mol. The molecule has 0 aliphatic carbocycles. The number of amides is 3. The van der Waals surface area contributed by atoms with Crippen LogP contribution in [-0.2, 0) is 4.79 Å². The van der Waals surface area contributed by atoms with E-state index in [0.717, 1.165) is 27.3 Å². The molecule has 31 heavy (non-hydrogen) atoms. The Labute approximate surface area is 188 Å². The fraction of sp³-hybridized carbons (Fsp3) is 0.364. The van der Waals surface area contributed by atoms with Gasteiger partial charge in [0.25, 0.3) is 5.56 Å². The number of nitrogens with one attached hydrogen (secondary N) is 1. The highest BCUT2D eigenvalue weighted by Gasteiger charge is 2.31. The molecule has 3 aromatic rings. The molecule has 162 valence electrons. The van der Waals surface area contributed by atoms with E-state index in [1.54, 1.807) is 11.5 Å². The Morgan fingerprint density at radius 3 is 2.61 bits per heavy atom. The zero-order chi connectivity index (χ0) is 22.4. The van der Waals surface area contributed by atoms with Crippen molar-refractivity contribution >= 4 is 45.3 Å². The van der Waals surface area contributed by atoms with Gasteiger partial charge in [0.05, 0.1) is 16.3 Å². The van der Waals surface area contributed by atoms with Crippen molar-refractivity contribution in [1.29, 1.82) is 0 Å². The molecule has 1 N–H and O–H groups in total. The fourth-order valence-electron chi connectivity index (χ4n) is 3.65. The zero-order valence-corrected chi connectivity index (χ0v) is 19.7. The minimum Gasteiger partial charge on any atom is -0.336 e.